The van der Waals surface area contributed by atoms with Gasteiger partial charge in [-0.3, -0.25) is 14.7 Å². The summed E-state index contributed by atoms with van der Waals surface area (Å²) in [5, 5.41) is 0. The Balaban J connectivity index is 1.45. The van der Waals surface area contributed by atoms with E-state index in [9.17, 15) is 4.79 Å². The highest BCUT2D eigenvalue weighted by molar-refractivity contribution is 5.76. The molecule has 1 saturated heterocycles. The minimum Gasteiger partial charge on any atom is -0.494 e. The molecule has 1 aromatic heterocycles. The highest BCUT2D eigenvalue weighted by Gasteiger charge is 2.21. The summed E-state index contributed by atoms with van der Waals surface area (Å²) in [7, 11) is 0. The van der Waals surface area contributed by atoms with Crippen molar-refractivity contribution in [2.45, 2.75) is 26.3 Å². The summed E-state index contributed by atoms with van der Waals surface area (Å²) in [6.45, 7) is 6.85. The second-order valence-corrected chi connectivity index (χ2v) is 6.52. The van der Waals surface area contributed by atoms with Crippen LogP contribution in [0.4, 0.5) is 0 Å². The summed E-state index contributed by atoms with van der Waals surface area (Å²) in [4.78, 5) is 21.3. The number of pyridine rings is 1. The molecular weight excluding hydrogens is 326 g/mol. The standard InChI is InChI=1S/C21H27N3O2/c1-2-26-20-9-4-3-7-18(20)10-11-21(25)24-15-13-23(14-16-24)17-19-8-5-6-12-22-19/h3-9,12H,2,10-11,13-17H2,1H3. The summed E-state index contributed by atoms with van der Waals surface area (Å²) in [5.41, 5.74) is 2.19. The van der Waals surface area contributed by atoms with Gasteiger partial charge in [0.05, 0.1) is 12.3 Å². The Morgan fingerprint density at radius 1 is 1.08 bits per heavy atom. The number of aromatic nitrogens is 1. The topological polar surface area (TPSA) is 45.7 Å². The maximum atomic E-state index is 12.6. The summed E-state index contributed by atoms with van der Waals surface area (Å²) < 4.78 is 5.65. The number of piperazine rings is 1. The van der Waals surface area contributed by atoms with Gasteiger partial charge in [-0.2, -0.15) is 0 Å². The third kappa shape index (κ3) is 5.05. The molecule has 1 aliphatic rings. The third-order valence-electron chi connectivity index (χ3n) is 4.72. The number of rotatable bonds is 7. The van der Waals surface area contributed by atoms with E-state index in [-0.39, 0.29) is 5.91 Å². The van der Waals surface area contributed by atoms with E-state index in [4.69, 9.17) is 4.74 Å². The van der Waals surface area contributed by atoms with Crippen LogP contribution < -0.4 is 4.74 Å². The van der Waals surface area contributed by atoms with Gasteiger partial charge in [-0.25, -0.2) is 0 Å². The van der Waals surface area contributed by atoms with Crippen LogP contribution in [0.25, 0.3) is 0 Å². The van der Waals surface area contributed by atoms with Crippen LogP contribution in [0.1, 0.15) is 24.6 Å². The van der Waals surface area contributed by atoms with Crippen LogP contribution >= 0.6 is 0 Å². The average molecular weight is 353 g/mol. The van der Waals surface area contributed by atoms with Crippen LogP contribution in [-0.2, 0) is 17.8 Å². The summed E-state index contributed by atoms with van der Waals surface area (Å²) in [5.74, 6) is 1.12. The van der Waals surface area contributed by atoms with Crippen molar-refractivity contribution >= 4 is 5.91 Å². The molecule has 0 bridgehead atoms. The maximum absolute atomic E-state index is 12.6. The van der Waals surface area contributed by atoms with Crippen molar-refractivity contribution in [3.05, 3.63) is 59.9 Å². The summed E-state index contributed by atoms with van der Waals surface area (Å²) in [6, 6.07) is 14.0. The van der Waals surface area contributed by atoms with Gasteiger partial charge in [0.2, 0.25) is 5.91 Å². The van der Waals surface area contributed by atoms with Crippen molar-refractivity contribution in [2.75, 3.05) is 32.8 Å². The van der Waals surface area contributed by atoms with E-state index in [1.54, 1.807) is 0 Å². The molecule has 1 aliphatic heterocycles. The first-order valence-electron chi connectivity index (χ1n) is 9.37. The molecule has 1 amide bonds. The normalized spacial score (nSPS) is 15.0. The van der Waals surface area contributed by atoms with Crippen molar-refractivity contribution in [1.29, 1.82) is 0 Å². The highest BCUT2D eigenvalue weighted by atomic mass is 16.5. The molecule has 2 aromatic rings. The zero-order chi connectivity index (χ0) is 18.2. The van der Waals surface area contributed by atoms with E-state index < -0.39 is 0 Å². The van der Waals surface area contributed by atoms with Gasteiger partial charge in [0, 0.05) is 45.3 Å². The molecule has 5 heteroatoms. The van der Waals surface area contributed by atoms with Gasteiger partial charge in [0.25, 0.3) is 0 Å². The van der Waals surface area contributed by atoms with E-state index in [1.165, 1.54) is 0 Å². The minimum atomic E-state index is 0.230. The van der Waals surface area contributed by atoms with Gasteiger partial charge in [-0.05, 0) is 37.1 Å². The molecule has 0 aliphatic carbocycles. The molecule has 2 heterocycles. The van der Waals surface area contributed by atoms with Gasteiger partial charge < -0.3 is 9.64 Å². The lowest BCUT2D eigenvalue weighted by atomic mass is 10.1. The summed E-state index contributed by atoms with van der Waals surface area (Å²) in [6.07, 6.45) is 3.09. The first kappa shape index (κ1) is 18.4. The van der Waals surface area contributed by atoms with Crippen LogP contribution in [0.5, 0.6) is 5.75 Å². The lowest BCUT2D eigenvalue weighted by Crippen LogP contribution is -2.48. The number of benzene rings is 1. The molecule has 1 aromatic carbocycles. The van der Waals surface area contributed by atoms with Crippen molar-refractivity contribution in [1.82, 2.24) is 14.8 Å². The molecule has 138 valence electrons. The van der Waals surface area contributed by atoms with Crippen molar-refractivity contribution in [3.63, 3.8) is 0 Å². The number of para-hydroxylation sites is 1. The minimum absolute atomic E-state index is 0.230. The maximum Gasteiger partial charge on any atom is 0.222 e. The molecule has 0 N–H and O–H groups in total. The van der Waals surface area contributed by atoms with Crippen LogP contribution in [0.2, 0.25) is 0 Å². The molecule has 1 fully saturated rings. The van der Waals surface area contributed by atoms with Gasteiger partial charge in [0.15, 0.2) is 0 Å². The predicted octanol–water partition coefficient (Wildman–Crippen LogP) is 2.76. The molecule has 5 nitrogen and oxygen atoms in total. The Hall–Kier alpha value is -2.40. The second kappa shape index (κ2) is 9.34. The average Bonchev–Trinajstić information content (AvgIpc) is 2.69. The van der Waals surface area contributed by atoms with E-state index in [1.807, 2.05) is 60.5 Å². The van der Waals surface area contributed by atoms with E-state index in [0.29, 0.717) is 13.0 Å². The Kier molecular flexibility index (Phi) is 6.61. The van der Waals surface area contributed by atoms with Crippen molar-refractivity contribution in [2.24, 2.45) is 0 Å². The van der Waals surface area contributed by atoms with E-state index in [0.717, 1.165) is 56.2 Å². The zero-order valence-corrected chi connectivity index (χ0v) is 15.4. The van der Waals surface area contributed by atoms with Gasteiger partial charge in [0.1, 0.15) is 5.75 Å². The first-order chi connectivity index (χ1) is 12.8. The molecule has 0 atom stereocenters. The van der Waals surface area contributed by atoms with E-state index in [2.05, 4.69) is 9.88 Å². The fraction of sp³-hybridized carbons (Fsp3) is 0.429. The predicted molar refractivity (Wildman–Crippen MR) is 102 cm³/mol. The number of amides is 1. The molecule has 3 rings (SSSR count). The second-order valence-electron chi connectivity index (χ2n) is 6.52. The highest BCUT2D eigenvalue weighted by Crippen LogP contribution is 2.20. The Bertz CT molecular complexity index is 697. The van der Waals surface area contributed by atoms with Gasteiger partial charge in [-0.15, -0.1) is 0 Å². The lowest BCUT2D eigenvalue weighted by Gasteiger charge is -2.34. The first-order valence-corrected chi connectivity index (χ1v) is 9.37. The van der Waals surface area contributed by atoms with Crippen molar-refractivity contribution in [3.8, 4) is 5.75 Å². The zero-order valence-electron chi connectivity index (χ0n) is 15.4. The molecule has 0 saturated carbocycles. The van der Waals surface area contributed by atoms with Crippen LogP contribution in [0.3, 0.4) is 0 Å². The van der Waals surface area contributed by atoms with Gasteiger partial charge in [-0.1, -0.05) is 24.3 Å². The largest absolute Gasteiger partial charge is 0.494 e. The fourth-order valence-corrected chi connectivity index (χ4v) is 3.28. The number of carbonyl (C=O) groups excluding carboxylic acids is 1. The third-order valence-corrected chi connectivity index (χ3v) is 4.72. The van der Waals surface area contributed by atoms with E-state index >= 15 is 0 Å². The summed E-state index contributed by atoms with van der Waals surface area (Å²) >= 11 is 0. The van der Waals surface area contributed by atoms with Crippen LogP contribution in [0, 0.1) is 0 Å². The Morgan fingerprint density at radius 3 is 2.58 bits per heavy atom. The number of carbonyl (C=O) groups is 1. The molecule has 0 radical (unpaired) electrons. The lowest BCUT2D eigenvalue weighted by molar-refractivity contribution is -0.133. The number of ether oxygens (including phenoxy) is 1. The number of hydrogen-bond acceptors (Lipinski definition) is 4. The monoisotopic (exact) mass is 353 g/mol. The van der Waals surface area contributed by atoms with Crippen LogP contribution in [0.15, 0.2) is 48.7 Å². The number of aryl methyl sites for hydroxylation is 1. The number of nitrogens with zero attached hydrogens (tertiary/aromatic N) is 3. The SMILES string of the molecule is CCOc1ccccc1CCC(=O)N1CCN(Cc2ccccn2)CC1. The van der Waals surface area contributed by atoms with Crippen molar-refractivity contribution < 1.29 is 9.53 Å². The van der Waals surface area contributed by atoms with Gasteiger partial charge >= 0.3 is 0 Å². The molecule has 0 spiro atoms. The van der Waals surface area contributed by atoms with Crippen LogP contribution in [-0.4, -0.2) is 53.5 Å². The Morgan fingerprint density at radius 2 is 1.85 bits per heavy atom. The molecule has 26 heavy (non-hydrogen) atoms. The quantitative estimate of drug-likeness (QED) is 0.768. The molecule has 0 unspecified atom stereocenters. The smallest absolute Gasteiger partial charge is 0.222 e. The molecular formula is C21H27N3O2. The fourth-order valence-electron chi connectivity index (χ4n) is 3.28. The Labute approximate surface area is 155 Å². The number of hydrogen-bond donors (Lipinski definition) is 0.